The van der Waals surface area contributed by atoms with Gasteiger partial charge in [0.1, 0.15) is 11.6 Å². The molecule has 0 radical (unpaired) electrons. The molecule has 1 atom stereocenters. The average molecular weight is 672 g/mol. The Bertz CT molecular complexity index is 2030. The molecule has 2 aliphatic rings. The number of hydrogen-bond acceptors (Lipinski definition) is 8. The van der Waals surface area contributed by atoms with E-state index in [1.807, 2.05) is 11.8 Å². The van der Waals surface area contributed by atoms with E-state index in [0.717, 1.165) is 11.0 Å². The topological polar surface area (TPSA) is 118 Å². The molecule has 1 aromatic carbocycles. The van der Waals surface area contributed by atoms with Crippen molar-refractivity contribution >= 4 is 55.8 Å². The molecule has 14 heteroatoms. The molecule has 1 saturated heterocycles. The minimum absolute atomic E-state index is 0.00155. The summed E-state index contributed by atoms with van der Waals surface area (Å²) in [5.41, 5.74) is -0.623. The molecule has 234 valence electrons. The molecule has 2 fully saturated rings. The van der Waals surface area contributed by atoms with E-state index in [4.69, 9.17) is 28.2 Å². The van der Waals surface area contributed by atoms with Crippen molar-refractivity contribution in [3.05, 3.63) is 81.2 Å². The molecular weight excluding hydrogens is 642 g/mol. The quantitative estimate of drug-likeness (QED) is 0.259. The van der Waals surface area contributed by atoms with E-state index in [2.05, 4.69) is 16.5 Å². The van der Waals surface area contributed by atoms with Gasteiger partial charge in [0.25, 0.3) is 0 Å². The second kappa shape index (κ2) is 11.8. The minimum atomic E-state index is -3.85. The molecular formula is C31H29Cl2FN6O4S. The van der Waals surface area contributed by atoms with Gasteiger partial charge in [-0.05, 0) is 57.0 Å². The van der Waals surface area contributed by atoms with Gasteiger partial charge in [0.15, 0.2) is 15.5 Å². The molecule has 0 spiro atoms. The summed E-state index contributed by atoms with van der Waals surface area (Å²) in [7, 11) is -3.85. The molecule has 4 heterocycles. The second-order valence-corrected chi connectivity index (χ2v) is 14.2. The first-order valence-corrected chi connectivity index (χ1v) is 16.7. The molecule has 6 rings (SSSR count). The predicted octanol–water partition coefficient (Wildman–Crippen LogP) is 5.15. The summed E-state index contributed by atoms with van der Waals surface area (Å²) in [5.74, 6) is -0.644. The summed E-state index contributed by atoms with van der Waals surface area (Å²) in [6, 6.07) is 6.79. The van der Waals surface area contributed by atoms with Gasteiger partial charge >= 0.3 is 5.69 Å². The number of halogens is 3. The van der Waals surface area contributed by atoms with Gasteiger partial charge in [-0.3, -0.25) is 9.78 Å². The van der Waals surface area contributed by atoms with Crippen LogP contribution in [0.15, 0.2) is 58.9 Å². The van der Waals surface area contributed by atoms with Crippen LogP contribution in [0.2, 0.25) is 10.0 Å². The lowest BCUT2D eigenvalue weighted by atomic mass is 10.00. The molecule has 1 amide bonds. The molecule has 0 N–H and O–H groups in total. The summed E-state index contributed by atoms with van der Waals surface area (Å²) in [5, 5.41) is -0.172. The van der Waals surface area contributed by atoms with E-state index < -0.39 is 26.6 Å². The summed E-state index contributed by atoms with van der Waals surface area (Å²) in [6.07, 6.45) is 4.46. The third-order valence-corrected chi connectivity index (χ3v) is 11.4. The van der Waals surface area contributed by atoms with Crippen LogP contribution in [0.3, 0.4) is 0 Å². The Morgan fingerprint density at radius 1 is 1.13 bits per heavy atom. The highest BCUT2D eigenvalue weighted by Gasteiger charge is 2.37. The van der Waals surface area contributed by atoms with Crippen molar-refractivity contribution in [3.8, 4) is 16.9 Å². The van der Waals surface area contributed by atoms with Crippen LogP contribution < -0.4 is 10.6 Å². The molecule has 45 heavy (non-hydrogen) atoms. The van der Waals surface area contributed by atoms with E-state index >= 15 is 4.39 Å². The van der Waals surface area contributed by atoms with E-state index in [-0.39, 0.29) is 61.0 Å². The van der Waals surface area contributed by atoms with Crippen molar-refractivity contribution in [2.24, 2.45) is 0 Å². The number of nitrogens with zero attached hydrogens (tertiary/aromatic N) is 6. The number of aryl methyl sites for hydroxylation is 1. The van der Waals surface area contributed by atoms with Crippen LogP contribution in [0.1, 0.15) is 31.9 Å². The van der Waals surface area contributed by atoms with Gasteiger partial charge in [-0.2, -0.15) is 4.98 Å². The first-order valence-electron chi connectivity index (χ1n) is 14.4. The van der Waals surface area contributed by atoms with Gasteiger partial charge in [-0.25, -0.2) is 27.2 Å². The number of hydrogen-bond donors (Lipinski definition) is 0. The maximum atomic E-state index is 15.2. The molecule has 1 aliphatic heterocycles. The normalized spacial score (nSPS) is 17.4. The van der Waals surface area contributed by atoms with Gasteiger partial charge in [-0.1, -0.05) is 42.3 Å². The van der Waals surface area contributed by atoms with E-state index in [9.17, 15) is 18.0 Å². The number of carbonyl (C=O) groups excluding carboxylic acids is 1. The summed E-state index contributed by atoms with van der Waals surface area (Å²) in [6.45, 7) is 8.07. The van der Waals surface area contributed by atoms with Crippen LogP contribution in [0, 0.1) is 12.7 Å². The van der Waals surface area contributed by atoms with Crippen LogP contribution in [0.25, 0.3) is 28.0 Å². The van der Waals surface area contributed by atoms with Gasteiger partial charge in [0.05, 0.1) is 48.2 Å². The number of amides is 1. The van der Waals surface area contributed by atoms with Gasteiger partial charge in [0.2, 0.25) is 5.91 Å². The zero-order valence-corrected chi connectivity index (χ0v) is 26.8. The predicted molar refractivity (Wildman–Crippen MR) is 171 cm³/mol. The monoisotopic (exact) mass is 670 g/mol. The van der Waals surface area contributed by atoms with Crippen molar-refractivity contribution in [2.45, 2.75) is 49.3 Å². The number of anilines is 1. The average Bonchev–Trinajstić information content (AvgIpc) is 2.96. The Morgan fingerprint density at radius 2 is 1.89 bits per heavy atom. The molecule has 3 aromatic heterocycles. The number of pyridine rings is 2. The highest BCUT2D eigenvalue weighted by atomic mass is 35.5. The van der Waals surface area contributed by atoms with E-state index in [1.165, 1.54) is 42.6 Å². The highest BCUT2D eigenvalue weighted by Crippen LogP contribution is 2.39. The fourth-order valence-corrected chi connectivity index (χ4v) is 8.49. The first-order chi connectivity index (χ1) is 21.4. The van der Waals surface area contributed by atoms with E-state index in [0.29, 0.717) is 37.9 Å². The maximum absolute atomic E-state index is 15.2. The van der Waals surface area contributed by atoms with E-state index in [1.54, 1.807) is 11.8 Å². The van der Waals surface area contributed by atoms with Crippen molar-refractivity contribution in [2.75, 3.05) is 24.5 Å². The molecule has 0 bridgehead atoms. The SMILES string of the molecule is C=CC(=O)N1CCN(c2nc(=O)n(-c3c(S(=O)(=O)C4CCC4)ccnc3C)c3nc(-c4c(F)cccc4Cl)c(Cl)cc23)[C@@H](C)C1. The number of sulfone groups is 1. The number of carbonyl (C=O) groups is 1. The van der Waals surface area contributed by atoms with Gasteiger partial charge in [0, 0.05) is 31.9 Å². The number of aromatic nitrogens is 4. The van der Waals surface area contributed by atoms with Crippen LogP contribution in [-0.4, -0.2) is 69.7 Å². The first kappa shape index (κ1) is 31.1. The van der Waals surface area contributed by atoms with Crippen molar-refractivity contribution < 1.29 is 17.6 Å². The Hall–Kier alpha value is -3.87. The molecule has 1 saturated carbocycles. The number of fused-ring (bicyclic) bond motifs is 1. The fraction of sp³-hybridized carbons (Fsp3) is 0.323. The Labute approximate surface area is 269 Å². The second-order valence-electron chi connectivity index (χ2n) is 11.2. The smallest absolute Gasteiger partial charge is 0.350 e. The maximum Gasteiger partial charge on any atom is 0.355 e. The third-order valence-electron chi connectivity index (χ3n) is 8.48. The lowest BCUT2D eigenvalue weighted by Crippen LogP contribution is -2.54. The highest BCUT2D eigenvalue weighted by molar-refractivity contribution is 7.92. The zero-order chi connectivity index (χ0) is 32.2. The summed E-state index contributed by atoms with van der Waals surface area (Å²) < 4.78 is 43.9. The van der Waals surface area contributed by atoms with Crippen molar-refractivity contribution in [1.29, 1.82) is 0 Å². The number of piperazine rings is 1. The lowest BCUT2D eigenvalue weighted by Gasteiger charge is -2.40. The molecule has 0 unspecified atom stereocenters. The summed E-state index contributed by atoms with van der Waals surface area (Å²) >= 11 is 13.2. The van der Waals surface area contributed by atoms with Crippen LogP contribution in [0.4, 0.5) is 10.2 Å². The van der Waals surface area contributed by atoms with Gasteiger partial charge in [-0.15, -0.1) is 0 Å². The Morgan fingerprint density at radius 3 is 2.53 bits per heavy atom. The number of benzene rings is 1. The van der Waals surface area contributed by atoms with Gasteiger partial charge < -0.3 is 9.80 Å². The Balaban J connectivity index is 1.66. The van der Waals surface area contributed by atoms with Crippen molar-refractivity contribution in [1.82, 2.24) is 24.4 Å². The Kier molecular flexibility index (Phi) is 8.17. The molecule has 1 aliphatic carbocycles. The van der Waals surface area contributed by atoms with Crippen molar-refractivity contribution in [3.63, 3.8) is 0 Å². The molecule has 4 aromatic rings. The molecule has 10 nitrogen and oxygen atoms in total. The minimum Gasteiger partial charge on any atom is -0.350 e. The lowest BCUT2D eigenvalue weighted by molar-refractivity contribution is -0.126. The standard InChI is InChI=1S/C31H29Cl2FN6O4S/c1-4-25(41)38-13-14-39(17(2)16-38)29-20-15-22(33)27(26-21(32)9-6-10-23(26)34)36-30(20)40(31(42)37-29)28-18(3)35-12-11-24(28)45(43,44)19-7-5-8-19/h4,6,9-12,15,17,19H,1,5,7-8,13-14,16H2,2-3H3/t17-/m0/s1. The largest absolute Gasteiger partial charge is 0.355 e. The van der Waals surface area contributed by atoms with Crippen LogP contribution in [0.5, 0.6) is 0 Å². The third kappa shape index (κ3) is 5.28. The van der Waals surface area contributed by atoms with Crippen LogP contribution in [-0.2, 0) is 14.6 Å². The summed E-state index contributed by atoms with van der Waals surface area (Å²) in [4.78, 5) is 43.4. The fourth-order valence-electron chi connectivity index (χ4n) is 5.92. The van der Waals surface area contributed by atoms with Crippen LogP contribution >= 0.6 is 23.2 Å². The number of rotatable bonds is 6. The zero-order valence-electron chi connectivity index (χ0n) is 24.5.